The third kappa shape index (κ3) is 3.50. The van der Waals surface area contributed by atoms with Gasteiger partial charge in [-0.25, -0.2) is 4.79 Å². The van der Waals surface area contributed by atoms with Gasteiger partial charge in [-0.3, -0.25) is 9.69 Å². The van der Waals surface area contributed by atoms with Crippen LogP contribution in [0.2, 0.25) is 0 Å². The van der Waals surface area contributed by atoms with Crippen LogP contribution in [-0.4, -0.2) is 25.2 Å². The topological polar surface area (TPSA) is 58.6 Å². The fourth-order valence-corrected chi connectivity index (χ4v) is 3.35. The maximum atomic E-state index is 12.8. The molecular weight excluding hydrogens is 316 g/mol. The number of benzene rings is 2. The number of anilines is 1. The summed E-state index contributed by atoms with van der Waals surface area (Å²) >= 11 is 0. The minimum absolute atomic E-state index is 0.102. The van der Waals surface area contributed by atoms with Gasteiger partial charge in [-0.2, -0.15) is 0 Å². The van der Waals surface area contributed by atoms with E-state index in [0.29, 0.717) is 13.0 Å². The maximum absolute atomic E-state index is 12.8. The summed E-state index contributed by atoms with van der Waals surface area (Å²) in [5.41, 5.74) is 2.64. The second-order valence-electron chi connectivity index (χ2n) is 6.23. The third-order valence-electron chi connectivity index (χ3n) is 4.58. The Morgan fingerprint density at radius 1 is 1.12 bits per heavy atom. The van der Waals surface area contributed by atoms with Gasteiger partial charge in [0.1, 0.15) is 0 Å². The fourth-order valence-electron chi connectivity index (χ4n) is 3.35. The zero-order chi connectivity index (χ0) is 17.8. The van der Waals surface area contributed by atoms with Crippen molar-refractivity contribution in [2.24, 2.45) is 0 Å². The molecule has 130 valence electrons. The Hall–Kier alpha value is -2.82. The van der Waals surface area contributed by atoms with E-state index >= 15 is 0 Å². The molecule has 1 N–H and O–H groups in total. The highest BCUT2D eigenvalue weighted by molar-refractivity contribution is 5.96. The summed E-state index contributed by atoms with van der Waals surface area (Å²) in [5, 5.41) is 2.97. The Bertz CT molecular complexity index is 761. The Kier molecular flexibility index (Phi) is 5.03. The van der Waals surface area contributed by atoms with Gasteiger partial charge in [0.15, 0.2) is 0 Å². The smallest absolute Gasteiger partial charge is 0.322 e. The first-order chi connectivity index (χ1) is 12.1. The van der Waals surface area contributed by atoms with Gasteiger partial charge in [-0.15, -0.1) is 0 Å². The summed E-state index contributed by atoms with van der Waals surface area (Å²) in [6, 6.07) is 17.0. The minimum Gasteiger partial charge on any atom is -0.469 e. The third-order valence-corrected chi connectivity index (χ3v) is 4.58. The highest BCUT2D eigenvalue weighted by atomic mass is 16.5. The number of nitrogens with one attached hydrogen (secondary N) is 1. The van der Waals surface area contributed by atoms with Crippen LogP contribution in [0.1, 0.15) is 30.4 Å². The Morgan fingerprint density at radius 3 is 2.52 bits per heavy atom. The second kappa shape index (κ2) is 7.38. The van der Waals surface area contributed by atoms with Crippen LogP contribution in [-0.2, 0) is 16.1 Å². The number of ether oxygens (including phenoxy) is 1. The highest BCUT2D eigenvalue weighted by Gasteiger charge is 2.37. The molecule has 0 radical (unpaired) electrons. The Balaban J connectivity index is 1.83. The standard InChI is InChI=1S/C20H22N2O3/c1-14-12-17(19(23)25-2)16-10-6-7-11-18(16)22(14)20(24)21-13-15-8-4-3-5-9-15/h3-11,14,17H,12-13H2,1-2H3,(H,21,24). The Morgan fingerprint density at radius 2 is 1.80 bits per heavy atom. The molecule has 0 bridgehead atoms. The maximum Gasteiger partial charge on any atom is 0.322 e. The van der Waals surface area contributed by atoms with Crippen molar-refractivity contribution in [3.63, 3.8) is 0 Å². The van der Waals surface area contributed by atoms with Crippen molar-refractivity contribution in [1.82, 2.24) is 5.32 Å². The van der Waals surface area contributed by atoms with Gasteiger partial charge in [-0.05, 0) is 30.5 Å². The molecule has 0 saturated carbocycles. The summed E-state index contributed by atoms with van der Waals surface area (Å²) in [6.07, 6.45) is 0.544. The predicted molar refractivity (Wildman–Crippen MR) is 96.4 cm³/mol. The predicted octanol–water partition coefficient (Wildman–Crippen LogP) is 3.45. The molecule has 1 heterocycles. The van der Waals surface area contributed by atoms with Crippen molar-refractivity contribution >= 4 is 17.7 Å². The number of fused-ring (bicyclic) bond motifs is 1. The zero-order valence-corrected chi connectivity index (χ0v) is 14.4. The van der Waals surface area contributed by atoms with Gasteiger partial charge in [0.2, 0.25) is 0 Å². The number of carbonyl (C=O) groups excluding carboxylic acids is 2. The molecule has 2 atom stereocenters. The lowest BCUT2D eigenvalue weighted by atomic mass is 9.86. The van der Waals surface area contributed by atoms with Crippen LogP contribution in [0.25, 0.3) is 0 Å². The zero-order valence-electron chi connectivity index (χ0n) is 14.4. The van der Waals surface area contributed by atoms with Gasteiger partial charge in [0.25, 0.3) is 0 Å². The van der Waals surface area contributed by atoms with Crippen molar-refractivity contribution in [3.8, 4) is 0 Å². The number of esters is 1. The minimum atomic E-state index is -0.339. The largest absolute Gasteiger partial charge is 0.469 e. The van der Waals surface area contributed by atoms with Crippen LogP contribution in [0.4, 0.5) is 10.5 Å². The first kappa shape index (κ1) is 17.0. The number of para-hydroxylation sites is 1. The van der Waals surface area contributed by atoms with Crippen LogP contribution >= 0.6 is 0 Å². The first-order valence-corrected chi connectivity index (χ1v) is 8.39. The molecule has 1 aliphatic heterocycles. The molecule has 1 aliphatic rings. The van der Waals surface area contributed by atoms with E-state index in [4.69, 9.17) is 4.74 Å². The van der Waals surface area contributed by atoms with Crippen molar-refractivity contribution in [3.05, 3.63) is 65.7 Å². The number of urea groups is 1. The SMILES string of the molecule is COC(=O)C1CC(C)N(C(=O)NCc2ccccc2)c2ccccc21. The number of carbonyl (C=O) groups is 2. The average Bonchev–Trinajstić information content (AvgIpc) is 2.65. The van der Waals surface area contributed by atoms with E-state index in [9.17, 15) is 9.59 Å². The molecule has 2 aromatic rings. The van der Waals surface area contributed by atoms with Crippen molar-refractivity contribution in [2.75, 3.05) is 12.0 Å². The van der Waals surface area contributed by atoms with E-state index in [0.717, 1.165) is 16.8 Å². The first-order valence-electron chi connectivity index (χ1n) is 8.39. The average molecular weight is 338 g/mol. The molecule has 2 aromatic carbocycles. The summed E-state index contributed by atoms with van der Waals surface area (Å²) in [5.74, 6) is -0.599. The summed E-state index contributed by atoms with van der Waals surface area (Å²) in [4.78, 5) is 26.6. The number of hydrogen-bond acceptors (Lipinski definition) is 3. The fraction of sp³-hybridized carbons (Fsp3) is 0.300. The van der Waals surface area contributed by atoms with Crippen molar-refractivity contribution < 1.29 is 14.3 Å². The Labute approximate surface area is 147 Å². The lowest BCUT2D eigenvalue weighted by Gasteiger charge is -2.38. The van der Waals surface area contributed by atoms with Gasteiger partial charge in [0, 0.05) is 18.3 Å². The molecule has 2 unspecified atom stereocenters. The molecule has 5 heteroatoms. The van der Waals surface area contributed by atoms with Crippen LogP contribution in [0.15, 0.2) is 54.6 Å². The highest BCUT2D eigenvalue weighted by Crippen LogP contribution is 2.38. The van der Waals surface area contributed by atoms with Crippen LogP contribution in [0.3, 0.4) is 0 Å². The van der Waals surface area contributed by atoms with E-state index in [-0.39, 0.29) is 24.0 Å². The van der Waals surface area contributed by atoms with E-state index in [1.807, 2.05) is 61.5 Å². The molecule has 0 saturated heterocycles. The number of nitrogens with zero attached hydrogens (tertiary/aromatic N) is 1. The molecule has 0 aromatic heterocycles. The normalized spacial score (nSPS) is 19.0. The van der Waals surface area contributed by atoms with Crippen molar-refractivity contribution in [2.45, 2.75) is 31.8 Å². The molecule has 0 aliphatic carbocycles. The lowest BCUT2D eigenvalue weighted by molar-refractivity contribution is -0.142. The van der Waals surface area contributed by atoms with Crippen LogP contribution in [0.5, 0.6) is 0 Å². The quantitative estimate of drug-likeness (QED) is 0.872. The molecular formula is C20H22N2O3. The number of methoxy groups -OCH3 is 1. The molecule has 3 rings (SSSR count). The summed E-state index contributed by atoms with van der Waals surface area (Å²) < 4.78 is 4.94. The van der Waals surface area contributed by atoms with E-state index < -0.39 is 0 Å². The lowest BCUT2D eigenvalue weighted by Crippen LogP contribution is -2.49. The monoisotopic (exact) mass is 338 g/mol. The van der Waals surface area contributed by atoms with Gasteiger partial charge in [0.05, 0.1) is 13.0 Å². The van der Waals surface area contributed by atoms with Crippen molar-refractivity contribution in [1.29, 1.82) is 0 Å². The molecule has 5 nitrogen and oxygen atoms in total. The molecule has 25 heavy (non-hydrogen) atoms. The molecule has 0 spiro atoms. The van der Waals surface area contributed by atoms with Gasteiger partial charge in [-0.1, -0.05) is 48.5 Å². The van der Waals surface area contributed by atoms with Crippen LogP contribution in [0, 0.1) is 0 Å². The number of rotatable bonds is 3. The number of hydrogen-bond donors (Lipinski definition) is 1. The van der Waals surface area contributed by atoms with E-state index in [2.05, 4.69) is 5.32 Å². The number of amides is 2. The van der Waals surface area contributed by atoms with E-state index in [1.54, 1.807) is 4.90 Å². The summed E-state index contributed by atoms with van der Waals surface area (Å²) in [6.45, 7) is 2.42. The second-order valence-corrected chi connectivity index (χ2v) is 6.23. The molecule has 2 amide bonds. The molecule has 0 fully saturated rings. The van der Waals surface area contributed by atoms with E-state index in [1.165, 1.54) is 7.11 Å². The summed E-state index contributed by atoms with van der Waals surface area (Å²) in [7, 11) is 1.40. The van der Waals surface area contributed by atoms with Gasteiger partial charge < -0.3 is 10.1 Å². The van der Waals surface area contributed by atoms with Crippen LogP contribution < -0.4 is 10.2 Å². The van der Waals surface area contributed by atoms with Gasteiger partial charge >= 0.3 is 12.0 Å².